The molecular formula is C22H28FNO2. The van der Waals surface area contributed by atoms with Gasteiger partial charge in [-0.3, -0.25) is 4.79 Å². The van der Waals surface area contributed by atoms with E-state index in [4.69, 9.17) is 4.74 Å². The van der Waals surface area contributed by atoms with E-state index in [1.165, 1.54) is 12.1 Å². The number of hydrogen-bond donors (Lipinski definition) is 0. The lowest BCUT2D eigenvalue weighted by molar-refractivity contribution is -0.148. The summed E-state index contributed by atoms with van der Waals surface area (Å²) in [6.45, 7) is 10.3. The van der Waals surface area contributed by atoms with Crippen LogP contribution in [-0.4, -0.2) is 23.5 Å². The average molecular weight is 357 g/mol. The number of ether oxygens (including phenoxy) is 1. The van der Waals surface area contributed by atoms with Gasteiger partial charge in [0.15, 0.2) is 0 Å². The minimum Gasteiger partial charge on any atom is -0.462 e. The molecule has 0 bridgehead atoms. The van der Waals surface area contributed by atoms with E-state index in [0.717, 1.165) is 36.1 Å². The summed E-state index contributed by atoms with van der Waals surface area (Å²) >= 11 is 0. The van der Waals surface area contributed by atoms with E-state index in [0.29, 0.717) is 12.5 Å². The average Bonchev–Trinajstić information content (AvgIpc) is 2.79. The number of esters is 1. The molecule has 2 rings (SSSR count). The molecule has 0 N–H and O–H groups in total. The molecule has 0 unspecified atom stereocenters. The topological polar surface area (TPSA) is 29.5 Å². The van der Waals surface area contributed by atoms with E-state index in [-0.39, 0.29) is 24.4 Å². The van der Waals surface area contributed by atoms with Gasteiger partial charge in [-0.15, -0.1) is 5.73 Å². The van der Waals surface area contributed by atoms with Crippen molar-refractivity contribution in [3.8, 4) is 0 Å². The standard InChI is InChI=1S/C22H28FNO2/c1-5-18-13-20(23)11-10-19(18)14-24(15-22(25)26-16(2)3)21-9-7-6-8-17(4)12-21/h5,7,10-11,13,16-17H,1,6,8,12,14-15H2,2-4H3/t17-/m1/s1. The Kier molecular flexibility index (Phi) is 7.23. The number of carbonyl (C=O) groups excluding carboxylic acids is 1. The zero-order valence-corrected chi connectivity index (χ0v) is 15.9. The second-order valence-corrected chi connectivity index (χ2v) is 7.12. The molecule has 0 saturated carbocycles. The molecule has 0 aliphatic heterocycles. The van der Waals surface area contributed by atoms with Crippen LogP contribution in [0.5, 0.6) is 0 Å². The molecular weight excluding hydrogens is 329 g/mol. The molecule has 1 aliphatic carbocycles. The fourth-order valence-corrected chi connectivity index (χ4v) is 3.08. The quantitative estimate of drug-likeness (QED) is 0.503. The highest BCUT2D eigenvalue weighted by atomic mass is 19.1. The fourth-order valence-electron chi connectivity index (χ4n) is 3.08. The molecule has 0 fully saturated rings. The van der Waals surface area contributed by atoms with E-state index >= 15 is 0 Å². The van der Waals surface area contributed by atoms with E-state index < -0.39 is 0 Å². The molecule has 0 amide bonds. The molecule has 26 heavy (non-hydrogen) atoms. The lowest BCUT2D eigenvalue weighted by Crippen LogP contribution is -2.32. The van der Waals surface area contributed by atoms with Crippen molar-refractivity contribution in [2.45, 2.75) is 52.7 Å². The maximum absolute atomic E-state index is 13.5. The Labute approximate surface area is 155 Å². The first kappa shape index (κ1) is 20.0. The van der Waals surface area contributed by atoms with Gasteiger partial charge in [0.2, 0.25) is 0 Å². The van der Waals surface area contributed by atoms with Crippen LogP contribution in [0.25, 0.3) is 6.08 Å². The maximum atomic E-state index is 13.5. The SMILES string of the molecule is C=Cc1cc(F)ccc1CN(CC(=O)OC(C)C)C1=C=CCC[C@@H](C)C1. The van der Waals surface area contributed by atoms with Crippen LogP contribution in [0.4, 0.5) is 4.39 Å². The van der Waals surface area contributed by atoms with Crippen molar-refractivity contribution in [1.29, 1.82) is 0 Å². The highest BCUT2D eigenvalue weighted by molar-refractivity contribution is 5.72. The van der Waals surface area contributed by atoms with E-state index in [2.05, 4.69) is 19.2 Å². The zero-order valence-electron chi connectivity index (χ0n) is 15.9. The Morgan fingerprint density at radius 2 is 2.27 bits per heavy atom. The van der Waals surface area contributed by atoms with Crippen molar-refractivity contribution in [3.05, 3.63) is 59.2 Å². The van der Waals surface area contributed by atoms with Crippen LogP contribution >= 0.6 is 0 Å². The Bertz CT molecular complexity index is 717. The molecule has 1 atom stereocenters. The minimum absolute atomic E-state index is 0.148. The third kappa shape index (κ3) is 5.89. The van der Waals surface area contributed by atoms with Gasteiger partial charge >= 0.3 is 5.97 Å². The molecule has 1 aromatic carbocycles. The smallest absolute Gasteiger partial charge is 0.325 e. The Hall–Kier alpha value is -2.32. The van der Waals surface area contributed by atoms with E-state index in [9.17, 15) is 9.18 Å². The predicted octanol–water partition coefficient (Wildman–Crippen LogP) is 5.08. The van der Waals surface area contributed by atoms with Gasteiger partial charge in [-0.1, -0.05) is 25.6 Å². The van der Waals surface area contributed by atoms with Crippen molar-refractivity contribution >= 4 is 12.0 Å². The number of nitrogens with zero attached hydrogens (tertiary/aromatic N) is 1. The molecule has 0 saturated heterocycles. The van der Waals surface area contributed by atoms with Gasteiger partial charge in [-0.2, -0.15) is 0 Å². The highest BCUT2D eigenvalue weighted by Gasteiger charge is 2.20. The van der Waals surface area contributed by atoms with Crippen molar-refractivity contribution in [1.82, 2.24) is 4.90 Å². The number of carbonyl (C=O) groups is 1. The molecule has 140 valence electrons. The van der Waals surface area contributed by atoms with Crippen LogP contribution in [-0.2, 0) is 16.1 Å². The maximum Gasteiger partial charge on any atom is 0.325 e. The third-order valence-electron chi connectivity index (χ3n) is 4.37. The van der Waals surface area contributed by atoms with E-state index in [1.807, 2.05) is 24.8 Å². The Morgan fingerprint density at radius 1 is 1.50 bits per heavy atom. The Balaban J connectivity index is 2.29. The van der Waals surface area contributed by atoms with Crippen LogP contribution in [0.3, 0.4) is 0 Å². The van der Waals surface area contributed by atoms with Gasteiger partial charge in [-0.05, 0) is 68.4 Å². The molecule has 0 spiro atoms. The number of hydrogen-bond acceptors (Lipinski definition) is 3. The molecule has 1 aromatic rings. The lowest BCUT2D eigenvalue weighted by Gasteiger charge is -2.27. The van der Waals surface area contributed by atoms with Gasteiger partial charge in [0.1, 0.15) is 12.4 Å². The molecule has 3 nitrogen and oxygen atoms in total. The number of benzene rings is 1. The highest BCUT2D eigenvalue weighted by Crippen LogP contribution is 2.25. The summed E-state index contributed by atoms with van der Waals surface area (Å²) in [5.74, 6) is -0.0444. The molecule has 0 heterocycles. The number of halogens is 1. The largest absolute Gasteiger partial charge is 0.462 e. The molecule has 0 aromatic heterocycles. The van der Waals surface area contributed by atoms with E-state index in [1.54, 1.807) is 12.1 Å². The summed E-state index contributed by atoms with van der Waals surface area (Å²) in [7, 11) is 0. The first-order valence-electron chi connectivity index (χ1n) is 9.18. The van der Waals surface area contributed by atoms with Gasteiger partial charge in [0, 0.05) is 6.54 Å². The minimum atomic E-state index is -0.295. The van der Waals surface area contributed by atoms with Gasteiger partial charge in [0.05, 0.1) is 11.8 Å². The second-order valence-electron chi connectivity index (χ2n) is 7.12. The number of allylic oxidation sites excluding steroid dienone is 1. The molecule has 1 aliphatic rings. The van der Waals surface area contributed by atoms with Crippen LogP contribution in [0.1, 0.15) is 51.2 Å². The third-order valence-corrected chi connectivity index (χ3v) is 4.37. The monoisotopic (exact) mass is 357 g/mol. The zero-order chi connectivity index (χ0) is 19.1. The second kappa shape index (κ2) is 9.40. The summed E-state index contributed by atoms with van der Waals surface area (Å²) in [4.78, 5) is 14.3. The van der Waals surface area contributed by atoms with Crippen molar-refractivity contribution < 1.29 is 13.9 Å². The summed E-state index contributed by atoms with van der Waals surface area (Å²) in [6, 6.07) is 4.65. The van der Waals surface area contributed by atoms with Crippen molar-refractivity contribution in [2.24, 2.45) is 5.92 Å². The summed E-state index contributed by atoms with van der Waals surface area (Å²) in [5, 5.41) is 0. The summed E-state index contributed by atoms with van der Waals surface area (Å²) in [6.07, 6.45) is 6.48. The summed E-state index contributed by atoms with van der Waals surface area (Å²) in [5.41, 5.74) is 6.00. The van der Waals surface area contributed by atoms with Crippen molar-refractivity contribution in [2.75, 3.05) is 6.54 Å². The van der Waals surface area contributed by atoms with Crippen LogP contribution < -0.4 is 0 Å². The van der Waals surface area contributed by atoms with Gasteiger partial charge < -0.3 is 9.64 Å². The normalized spacial score (nSPS) is 16.8. The number of rotatable bonds is 7. The molecule has 0 radical (unpaired) electrons. The fraction of sp³-hybridized carbons (Fsp3) is 0.455. The van der Waals surface area contributed by atoms with Crippen LogP contribution in [0.15, 0.2) is 42.3 Å². The summed E-state index contributed by atoms with van der Waals surface area (Å²) < 4.78 is 18.9. The predicted molar refractivity (Wildman–Crippen MR) is 103 cm³/mol. The van der Waals surface area contributed by atoms with Gasteiger partial charge in [0.25, 0.3) is 0 Å². The lowest BCUT2D eigenvalue weighted by atomic mass is 10.0. The molecule has 4 heteroatoms. The van der Waals surface area contributed by atoms with Gasteiger partial charge in [-0.25, -0.2) is 4.39 Å². The first-order valence-corrected chi connectivity index (χ1v) is 9.18. The first-order chi connectivity index (χ1) is 12.4. The Morgan fingerprint density at radius 3 is 2.96 bits per heavy atom. The van der Waals surface area contributed by atoms with Crippen molar-refractivity contribution in [3.63, 3.8) is 0 Å². The van der Waals surface area contributed by atoms with Crippen LogP contribution in [0.2, 0.25) is 0 Å². The van der Waals surface area contributed by atoms with Crippen LogP contribution in [0, 0.1) is 11.7 Å².